The minimum Gasteiger partial charge on any atom is -0.447 e. The van der Waals surface area contributed by atoms with E-state index in [9.17, 15) is 14.4 Å². The number of carbonyl (C=O) groups is 1. The van der Waals surface area contributed by atoms with Crippen molar-refractivity contribution in [2.45, 2.75) is 59.0 Å². The summed E-state index contributed by atoms with van der Waals surface area (Å²) in [4.78, 5) is 49.8. The summed E-state index contributed by atoms with van der Waals surface area (Å²) >= 11 is 0. The Morgan fingerprint density at radius 3 is 2.73 bits per heavy atom. The largest absolute Gasteiger partial charge is 0.447 e. The highest BCUT2D eigenvalue weighted by molar-refractivity contribution is 5.86. The van der Waals surface area contributed by atoms with Crippen LogP contribution in [0.5, 0.6) is 6.01 Å². The van der Waals surface area contributed by atoms with E-state index in [0.29, 0.717) is 37.9 Å². The smallest absolute Gasteiger partial charge is 0.410 e. The molecule has 1 aliphatic heterocycles. The van der Waals surface area contributed by atoms with Gasteiger partial charge in [-0.15, -0.1) is 0 Å². The van der Waals surface area contributed by atoms with Crippen LogP contribution < -0.4 is 16.0 Å². The number of aryl methyl sites for hydroxylation is 1. The van der Waals surface area contributed by atoms with Crippen LogP contribution in [-0.2, 0) is 11.2 Å². The van der Waals surface area contributed by atoms with Crippen molar-refractivity contribution in [3.8, 4) is 6.01 Å². The number of rotatable bonds is 6. The number of nitrogens with one attached hydrogen (secondary N) is 1. The third-order valence-corrected chi connectivity index (χ3v) is 4.67. The van der Waals surface area contributed by atoms with E-state index in [-0.39, 0.29) is 29.3 Å². The first-order chi connectivity index (χ1) is 14.4. The van der Waals surface area contributed by atoms with Crippen molar-refractivity contribution in [2.24, 2.45) is 5.16 Å². The molecule has 1 N–H and O–H groups in total. The molecule has 0 spiro atoms. The topological polar surface area (TPSA) is 127 Å². The van der Waals surface area contributed by atoms with Crippen LogP contribution in [0.2, 0.25) is 0 Å². The number of unbranched alkanes of at least 4 members (excludes halogenated alkanes) is 1. The molecule has 2 aromatic heterocycles. The van der Waals surface area contributed by atoms with Crippen LogP contribution in [0.15, 0.2) is 25.2 Å². The van der Waals surface area contributed by atoms with E-state index in [1.807, 2.05) is 6.92 Å². The molecule has 162 valence electrons. The zero-order chi connectivity index (χ0) is 21.7. The van der Waals surface area contributed by atoms with Gasteiger partial charge in [-0.25, -0.2) is 9.59 Å². The van der Waals surface area contributed by atoms with Crippen molar-refractivity contribution in [3.63, 3.8) is 0 Å². The number of nitrogens with zero attached hydrogens (tertiary/aromatic N) is 3. The summed E-state index contributed by atoms with van der Waals surface area (Å²) in [5, 5.41) is 4.29. The number of oxime groups is 1. The number of aromatic nitrogens is 2. The molecule has 30 heavy (non-hydrogen) atoms. The molecule has 0 unspecified atom stereocenters. The van der Waals surface area contributed by atoms with Crippen molar-refractivity contribution in [3.05, 3.63) is 32.4 Å². The van der Waals surface area contributed by atoms with E-state index < -0.39 is 11.2 Å². The van der Waals surface area contributed by atoms with Crippen molar-refractivity contribution in [1.82, 2.24) is 14.9 Å². The van der Waals surface area contributed by atoms with E-state index in [1.54, 1.807) is 18.7 Å². The Morgan fingerprint density at radius 2 is 2.07 bits per heavy atom. The summed E-state index contributed by atoms with van der Waals surface area (Å²) in [5.74, 6) is 0. The Balaban J connectivity index is 1.72. The van der Waals surface area contributed by atoms with Crippen molar-refractivity contribution >= 4 is 22.9 Å². The van der Waals surface area contributed by atoms with Gasteiger partial charge in [0, 0.05) is 32.0 Å². The molecule has 10 nitrogen and oxygen atoms in total. The van der Waals surface area contributed by atoms with E-state index >= 15 is 0 Å². The SMILES string of the molecule is CCCCc1cc(=O)oc2nc(ON=C3CCN(C(=O)OC(C)C)CC3)[nH]c(=O)c12. The number of piperidine rings is 1. The molecule has 0 radical (unpaired) electrons. The van der Waals surface area contributed by atoms with Gasteiger partial charge in [0.05, 0.1) is 11.8 Å². The maximum atomic E-state index is 12.5. The lowest BCUT2D eigenvalue weighted by atomic mass is 10.1. The Morgan fingerprint density at radius 1 is 1.33 bits per heavy atom. The number of likely N-dealkylation sites (tertiary alicyclic amines) is 1. The van der Waals surface area contributed by atoms with Gasteiger partial charge < -0.3 is 18.9 Å². The molecular formula is C20H26N4O6. The van der Waals surface area contributed by atoms with Gasteiger partial charge in [-0.1, -0.05) is 18.5 Å². The third kappa shape index (κ3) is 5.25. The number of amides is 1. The Hall–Kier alpha value is -3.17. The van der Waals surface area contributed by atoms with Crippen LogP contribution in [0.1, 0.15) is 52.0 Å². The first kappa shape index (κ1) is 21.5. The molecule has 10 heteroatoms. The van der Waals surface area contributed by atoms with Crippen LogP contribution in [0, 0.1) is 0 Å². The number of aromatic amines is 1. The molecule has 1 fully saturated rings. The van der Waals surface area contributed by atoms with Crippen LogP contribution >= 0.6 is 0 Å². The lowest BCUT2D eigenvalue weighted by molar-refractivity contribution is 0.0764. The molecule has 2 aromatic rings. The van der Waals surface area contributed by atoms with Gasteiger partial charge in [-0.05, 0) is 32.3 Å². The second-order valence-corrected chi connectivity index (χ2v) is 7.41. The van der Waals surface area contributed by atoms with Crippen molar-refractivity contribution < 1.29 is 18.8 Å². The molecule has 0 aliphatic carbocycles. The van der Waals surface area contributed by atoms with Crippen LogP contribution in [0.3, 0.4) is 0 Å². The van der Waals surface area contributed by atoms with Crippen LogP contribution in [0.25, 0.3) is 11.1 Å². The van der Waals surface area contributed by atoms with Gasteiger partial charge in [0.1, 0.15) is 5.39 Å². The maximum absolute atomic E-state index is 12.5. The van der Waals surface area contributed by atoms with Crippen LogP contribution in [0.4, 0.5) is 4.79 Å². The number of fused-ring (bicyclic) bond motifs is 1. The molecule has 0 saturated carbocycles. The summed E-state index contributed by atoms with van der Waals surface area (Å²) in [6.45, 7) is 6.55. The second kappa shape index (κ2) is 9.55. The van der Waals surface area contributed by atoms with E-state index in [1.165, 1.54) is 6.07 Å². The van der Waals surface area contributed by atoms with Gasteiger partial charge in [0.15, 0.2) is 0 Å². The van der Waals surface area contributed by atoms with Gasteiger partial charge in [0.25, 0.3) is 5.56 Å². The van der Waals surface area contributed by atoms with Crippen molar-refractivity contribution in [2.75, 3.05) is 13.1 Å². The summed E-state index contributed by atoms with van der Waals surface area (Å²) in [5.41, 5.74) is 0.250. The number of ether oxygens (including phenoxy) is 1. The monoisotopic (exact) mass is 418 g/mol. The predicted octanol–water partition coefficient (Wildman–Crippen LogP) is 2.59. The highest BCUT2D eigenvalue weighted by atomic mass is 16.6. The first-order valence-electron chi connectivity index (χ1n) is 10.1. The summed E-state index contributed by atoms with van der Waals surface area (Å²) in [6.07, 6.45) is 2.86. The van der Waals surface area contributed by atoms with Gasteiger partial charge in [0.2, 0.25) is 5.71 Å². The molecule has 1 saturated heterocycles. The van der Waals surface area contributed by atoms with Gasteiger partial charge in [-0.3, -0.25) is 9.78 Å². The van der Waals surface area contributed by atoms with E-state index in [0.717, 1.165) is 18.6 Å². The number of H-pyrrole nitrogens is 1. The number of hydrogen-bond donors (Lipinski definition) is 1. The average Bonchev–Trinajstić information content (AvgIpc) is 2.69. The fourth-order valence-corrected chi connectivity index (χ4v) is 3.16. The molecule has 1 amide bonds. The molecule has 3 heterocycles. The average molecular weight is 418 g/mol. The molecule has 0 bridgehead atoms. The maximum Gasteiger partial charge on any atom is 0.410 e. The standard InChI is InChI=1S/C20H26N4O6/c1-4-5-6-13-11-15(25)29-18-16(13)17(26)21-19(22-18)30-23-14-7-9-24(10-8-14)20(27)28-12(2)3/h11-12H,4-10H2,1-3H3,(H,21,22,26). The molecule has 0 aromatic carbocycles. The highest BCUT2D eigenvalue weighted by Gasteiger charge is 2.22. The third-order valence-electron chi connectivity index (χ3n) is 4.67. The van der Waals surface area contributed by atoms with Gasteiger partial charge in [-0.2, -0.15) is 4.98 Å². The molecular weight excluding hydrogens is 392 g/mol. The van der Waals surface area contributed by atoms with E-state index in [2.05, 4.69) is 15.1 Å². The zero-order valence-electron chi connectivity index (χ0n) is 17.4. The summed E-state index contributed by atoms with van der Waals surface area (Å²) in [6, 6.07) is 1.17. The Bertz CT molecular complexity index is 1050. The fourth-order valence-electron chi connectivity index (χ4n) is 3.16. The summed E-state index contributed by atoms with van der Waals surface area (Å²) in [7, 11) is 0. The van der Waals surface area contributed by atoms with E-state index in [4.69, 9.17) is 14.0 Å². The highest BCUT2D eigenvalue weighted by Crippen LogP contribution is 2.16. The first-order valence-corrected chi connectivity index (χ1v) is 10.1. The fraction of sp³-hybridized carbons (Fsp3) is 0.550. The Kier molecular flexibility index (Phi) is 6.86. The lowest BCUT2D eigenvalue weighted by Gasteiger charge is -2.27. The van der Waals surface area contributed by atoms with Crippen molar-refractivity contribution in [1.29, 1.82) is 0 Å². The number of carbonyl (C=O) groups excluding carboxylic acids is 1. The lowest BCUT2D eigenvalue weighted by Crippen LogP contribution is -2.40. The summed E-state index contributed by atoms with van der Waals surface area (Å²) < 4.78 is 10.3. The number of hydrogen-bond acceptors (Lipinski definition) is 8. The minimum atomic E-state index is -0.565. The zero-order valence-corrected chi connectivity index (χ0v) is 17.4. The normalized spacial score (nSPS) is 14.3. The Labute approximate surface area is 172 Å². The second-order valence-electron chi connectivity index (χ2n) is 7.41. The quantitative estimate of drug-likeness (QED) is 0.714. The predicted molar refractivity (Wildman–Crippen MR) is 110 cm³/mol. The molecule has 0 atom stereocenters. The molecule has 1 aliphatic rings. The van der Waals surface area contributed by atoms with Crippen LogP contribution in [-0.4, -0.2) is 45.9 Å². The molecule has 3 rings (SSSR count). The minimum absolute atomic E-state index is 0.0706. The van der Waals surface area contributed by atoms with Gasteiger partial charge >= 0.3 is 17.7 Å².